The number of Topliss-reactive ketones (excluding diaryl/α,β-unsaturated/α-hetero) is 2. The molecule has 0 spiro atoms. The third kappa shape index (κ3) is 8.68. The lowest BCUT2D eigenvalue weighted by Gasteiger charge is -2.14. The molecule has 0 fully saturated rings. The number of aromatic hydroxyl groups is 1. The number of hydrogen-bond acceptors (Lipinski definition) is 6. The fourth-order valence-corrected chi connectivity index (χ4v) is 4.97. The van der Waals surface area contributed by atoms with Crippen molar-refractivity contribution in [2.45, 2.75) is 13.8 Å². The number of ether oxygens (including phenoxy) is 1. The Labute approximate surface area is 295 Å². The summed E-state index contributed by atoms with van der Waals surface area (Å²) >= 11 is 9.31. The second kappa shape index (κ2) is 16.2. The van der Waals surface area contributed by atoms with Crippen LogP contribution in [0.5, 0.6) is 11.5 Å². The topological polar surface area (TPSA) is 89.4 Å². The summed E-state index contributed by atoms with van der Waals surface area (Å²) in [6.07, 6.45) is 0. The summed E-state index contributed by atoms with van der Waals surface area (Å²) in [5, 5.41) is 11.7. The lowest BCUT2D eigenvalue weighted by atomic mass is 10.00. The lowest BCUT2D eigenvalue weighted by Crippen LogP contribution is -2.03. The zero-order valence-corrected chi connectivity index (χ0v) is 30.0. The van der Waals surface area contributed by atoms with E-state index in [4.69, 9.17) is 4.74 Å². The van der Waals surface area contributed by atoms with E-state index in [0.717, 1.165) is 5.39 Å². The van der Waals surface area contributed by atoms with E-state index in [1.165, 1.54) is 51.3 Å². The number of halogens is 5. The van der Waals surface area contributed by atoms with Crippen LogP contribution in [0.25, 0.3) is 44.3 Å². The van der Waals surface area contributed by atoms with E-state index in [-0.39, 0.29) is 37.6 Å². The minimum Gasteiger partial charge on any atom is -0.505 e. The molecule has 0 atom stereocenters. The number of fused-ring (bicyclic) bond motifs is 2. The molecule has 0 bridgehead atoms. The van der Waals surface area contributed by atoms with E-state index in [0.29, 0.717) is 44.6 Å². The van der Waals surface area contributed by atoms with Crippen molar-refractivity contribution in [2.24, 2.45) is 0 Å². The molecule has 0 saturated carbocycles. The predicted octanol–water partition coefficient (Wildman–Crippen LogP) is 10.4. The maximum absolute atomic E-state index is 13.5. The SMILES string of the molecule is BrB(Br)Br.CC(=O)c1c(O)c(-c2cccc(F)c2)nc2ccccc12.COc1c(-c2cccc(F)c2)nc2ccccc2c1C(C)=O. The maximum Gasteiger partial charge on any atom is 0.369 e. The number of nitrogens with zero attached hydrogens (tertiary/aromatic N) is 2. The molecule has 6 nitrogen and oxygen atoms in total. The Kier molecular flexibility index (Phi) is 12.4. The smallest absolute Gasteiger partial charge is 0.369 e. The van der Waals surface area contributed by atoms with Gasteiger partial charge in [0.2, 0.25) is 0 Å². The van der Waals surface area contributed by atoms with Gasteiger partial charge in [0.15, 0.2) is 23.1 Å². The number of para-hydroxylation sites is 2. The van der Waals surface area contributed by atoms with Crippen LogP contribution in [0.2, 0.25) is 0 Å². The first-order valence-electron chi connectivity index (χ1n) is 14.0. The molecule has 0 radical (unpaired) electrons. The number of hydrogen-bond donors (Lipinski definition) is 1. The van der Waals surface area contributed by atoms with Gasteiger partial charge >= 0.3 is 3.18 Å². The Morgan fingerprint density at radius 3 is 1.55 bits per heavy atom. The summed E-state index contributed by atoms with van der Waals surface area (Å²) in [5.74, 6) is -1.01. The Morgan fingerprint density at radius 1 is 0.681 bits per heavy atom. The van der Waals surface area contributed by atoms with Gasteiger partial charge in [-0.1, -0.05) is 60.7 Å². The number of carbonyl (C=O) groups is 2. The van der Waals surface area contributed by atoms with Crippen LogP contribution in [0, 0.1) is 11.6 Å². The van der Waals surface area contributed by atoms with E-state index < -0.39 is 5.82 Å². The van der Waals surface area contributed by atoms with Gasteiger partial charge in [0.05, 0.1) is 29.3 Å². The molecule has 1 N–H and O–H groups in total. The third-order valence-corrected chi connectivity index (χ3v) is 6.82. The molecule has 0 aliphatic rings. The molecule has 238 valence electrons. The van der Waals surface area contributed by atoms with Crippen LogP contribution in [0.15, 0.2) is 97.1 Å². The normalized spacial score (nSPS) is 10.4. The second-order valence-electron chi connectivity index (χ2n) is 9.97. The van der Waals surface area contributed by atoms with Gasteiger partial charge in [-0.3, -0.25) is 9.59 Å². The second-order valence-corrected chi connectivity index (χ2v) is 16.4. The average molecular weight is 827 g/mol. The third-order valence-electron chi connectivity index (χ3n) is 6.82. The summed E-state index contributed by atoms with van der Waals surface area (Å²) < 4.78 is 32.6. The molecule has 2 aromatic heterocycles. The highest BCUT2D eigenvalue weighted by molar-refractivity contribution is 9.69. The molecular weight excluding hydrogens is 801 g/mol. The quantitative estimate of drug-likeness (QED) is 0.138. The largest absolute Gasteiger partial charge is 0.505 e. The van der Waals surface area contributed by atoms with Gasteiger partial charge in [-0.05, 0) is 50.2 Å². The number of pyridine rings is 2. The van der Waals surface area contributed by atoms with Crippen molar-refractivity contribution >= 4 is 83.8 Å². The molecular formula is C35H26BBr3F2N2O4. The number of ketones is 2. The Morgan fingerprint density at radius 2 is 1.11 bits per heavy atom. The minimum atomic E-state index is -0.425. The van der Waals surface area contributed by atoms with Crippen LogP contribution < -0.4 is 4.74 Å². The van der Waals surface area contributed by atoms with Gasteiger partial charge in [-0.15, -0.1) is 47.3 Å². The summed E-state index contributed by atoms with van der Waals surface area (Å²) in [6.45, 7) is 2.87. The molecule has 0 unspecified atom stereocenters. The van der Waals surface area contributed by atoms with Gasteiger partial charge in [0, 0.05) is 21.9 Å². The molecule has 0 saturated heterocycles. The Hall–Kier alpha value is -4.00. The van der Waals surface area contributed by atoms with Crippen molar-refractivity contribution in [2.75, 3.05) is 7.11 Å². The van der Waals surface area contributed by atoms with Crippen molar-refractivity contribution in [3.05, 3.63) is 120 Å². The summed E-state index contributed by atoms with van der Waals surface area (Å²) in [6, 6.07) is 26.3. The van der Waals surface area contributed by atoms with Crippen molar-refractivity contribution < 1.29 is 28.2 Å². The molecule has 47 heavy (non-hydrogen) atoms. The van der Waals surface area contributed by atoms with Crippen LogP contribution >= 0.6 is 47.3 Å². The van der Waals surface area contributed by atoms with Crippen LogP contribution in [-0.4, -0.2) is 36.9 Å². The van der Waals surface area contributed by atoms with Gasteiger partial charge < -0.3 is 9.84 Å². The fourth-order valence-electron chi connectivity index (χ4n) is 4.97. The number of aromatic nitrogens is 2. The standard InChI is InChI=1S/C18H14FNO2.C17H12FNO2.BBr3/c1-11(21)16-14-8-3-4-9-15(14)20-17(18(16)22-2)12-6-5-7-13(19)10-12;1-10(20)15-13-7-2-3-8-14(13)19-16(17(15)21)11-5-4-6-12(18)9-11;2-1(3)4/h3-10H,1-2H3;2-9,21H,1H3;. The van der Waals surface area contributed by atoms with Crippen molar-refractivity contribution in [1.82, 2.24) is 9.97 Å². The molecule has 0 aliphatic carbocycles. The van der Waals surface area contributed by atoms with Crippen LogP contribution in [-0.2, 0) is 0 Å². The highest BCUT2D eigenvalue weighted by Crippen LogP contribution is 2.37. The van der Waals surface area contributed by atoms with E-state index in [1.54, 1.807) is 42.5 Å². The summed E-state index contributed by atoms with van der Waals surface area (Å²) in [7, 11) is 1.49. The molecule has 6 rings (SSSR count). The van der Waals surface area contributed by atoms with E-state index in [1.807, 2.05) is 24.3 Å². The van der Waals surface area contributed by atoms with Crippen LogP contribution in [0.3, 0.4) is 0 Å². The number of methoxy groups -OCH3 is 1. The monoisotopic (exact) mass is 824 g/mol. The van der Waals surface area contributed by atoms with E-state index in [2.05, 4.69) is 57.2 Å². The first-order chi connectivity index (χ1) is 22.4. The number of benzene rings is 4. The number of carbonyl (C=O) groups excluding carboxylic acids is 2. The van der Waals surface area contributed by atoms with Crippen molar-refractivity contribution in [3.8, 4) is 34.0 Å². The van der Waals surface area contributed by atoms with Gasteiger partial charge in [0.1, 0.15) is 23.0 Å². The fraction of sp³-hybridized carbons (Fsp3) is 0.0857. The Balaban J connectivity index is 0.000000191. The summed E-state index contributed by atoms with van der Waals surface area (Å²) in [5.41, 5.74) is 3.61. The highest BCUT2D eigenvalue weighted by Gasteiger charge is 2.21. The zero-order chi connectivity index (χ0) is 34.2. The average Bonchev–Trinajstić information content (AvgIpc) is 3.03. The van der Waals surface area contributed by atoms with Crippen molar-refractivity contribution in [1.29, 1.82) is 0 Å². The molecule has 12 heteroatoms. The molecule has 0 amide bonds. The zero-order valence-electron chi connectivity index (χ0n) is 25.3. The molecule has 4 aromatic carbocycles. The molecule has 2 heterocycles. The lowest BCUT2D eigenvalue weighted by molar-refractivity contribution is 0.100. The van der Waals surface area contributed by atoms with Gasteiger partial charge in [0.25, 0.3) is 0 Å². The minimum absolute atomic E-state index is 0.117. The van der Waals surface area contributed by atoms with Crippen LogP contribution in [0.1, 0.15) is 34.6 Å². The number of rotatable bonds is 5. The van der Waals surface area contributed by atoms with E-state index >= 15 is 0 Å². The molecule has 0 aliphatic heterocycles. The first kappa shape index (κ1) is 35.9. The molecule has 6 aromatic rings. The Bertz CT molecular complexity index is 2090. The first-order valence-corrected chi connectivity index (χ1v) is 16.7. The predicted molar refractivity (Wildman–Crippen MR) is 195 cm³/mol. The van der Waals surface area contributed by atoms with Crippen molar-refractivity contribution in [3.63, 3.8) is 0 Å². The summed E-state index contributed by atoms with van der Waals surface area (Å²) in [4.78, 5) is 32.9. The van der Waals surface area contributed by atoms with E-state index in [9.17, 15) is 23.5 Å². The highest BCUT2D eigenvalue weighted by atomic mass is 79.9. The maximum atomic E-state index is 13.5. The van der Waals surface area contributed by atoms with Crippen LogP contribution in [0.4, 0.5) is 8.78 Å². The van der Waals surface area contributed by atoms with Gasteiger partial charge in [-0.25, -0.2) is 18.7 Å². The van der Waals surface area contributed by atoms with Gasteiger partial charge in [-0.2, -0.15) is 0 Å².